The first-order valence-corrected chi connectivity index (χ1v) is 9.90. The number of carbonyl (C=O) groups is 1. The lowest BCUT2D eigenvalue weighted by Crippen LogP contribution is -2.25. The summed E-state index contributed by atoms with van der Waals surface area (Å²) in [5, 5.41) is 6.85. The molecular weight excluding hydrogens is 361 g/mol. The third-order valence-electron chi connectivity index (χ3n) is 5.46. The van der Waals surface area contributed by atoms with Crippen LogP contribution in [0.5, 0.6) is 5.75 Å². The molecule has 7 heteroatoms. The van der Waals surface area contributed by atoms with Gasteiger partial charge in [-0.15, -0.1) is 0 Å². The van der Waals surface area contributed by atoms with Crippen LogP contribution in [0, 0.1) is 19.8 Å². The van der Waals surface area contributed by atoms with Crippen molar-refractivity contribution < 1.29 is 18.4 Å². The third-order valence-corrected chi connectivity index (χ3v) is 5.46. The van der Waals surface area contributed by atoms with Gasteiger partial charge in [0.2, 0.25) is 5.91 Å². The molecule has 2 fully saturated rings. The average Bonchev–Trinajstić information content (AvgIpc) is 3.03. The number of aromatic nitrogens is 1. The van der Waals surface area contributed by atoms with Gasteiger partial charge in [0.05, 0.1) is 17.2 Å². The summed E-state index contributed by atoms with van der Waals surface area (Å²) in [6.07, 6.45) is 1.79. The first-order chi connectivity index (χ1) is 13.5. The minimum Gasteiger partial charge on any atom is -0.492 e. The number of aryl methyl sites for hydroxylation is 2. The smallest absolute Gasteiger partial charge is 0.230 e. The second kappa shape index (κ2) is 7.91. The topological polar surface area (TPSA) is 67.6 Å². The number of anilines is 1. The summed E-state index contributed by atoms with van der Waals surface area (Å²) in [6.45, 7) is 7.46. The van der Waals surface area contributed by atoms with Gasteiger partial charge in [-0.05, 0) is 64.4 Å². The van der Waals surface area contributed by atoms with Crippen LogP contribution >= 0.6 is 0 Å². The number of hydrogen-bond donors (Lipinski definition) is 1. The fraction of sp³-hybridized carbons (Fsp3) is 0.524. The van der Waals surface area contributed by atoms with Crippen LogP contribution in [-0.2, 0) is 4.79 Å². The lowest BCUT2D eigenvalue weighted by Gasteiger charge is -2.17. The second-order valence-electron chi connectivity index (χ2n) is 7.65. The van der Waals surface area contributed by atoms with Crippen molar-refractivity contribution >= 4 is 11.6 Å². The largest absolute Gasteiger partial charge is 0.492 e. The Bertz CT molecular complexity index is 841. The number of halogens is 1. The number of likely N-dealkylation sites (tertiary alicyclic amines) is 1. The van der Waals surface area contributed by atoms with Crippen molar-refractivity contribution in [2.24, 2.45) is 5.92 Å². The Hall–Kier alpha value is -2.41. The highest BCUT2D eigenvalue weighted by Gasteiger charge is 2.43. The zero-order valence-electron chi connectivity index (χ0n) is 16.3. The fourth-order valence-corrected chi connectivity index (χ4v) is 3.76. The number of alkyl halides is 1. The molecule has 2 atom stereocenters. The van der Waals surface area contributed by atoms with Crippen molar-refractivity contribution in [3.8, 4) is 16.9 Å². The Morgan fingerprint density at radius 2 is 2.11 bits per heavy atom. The number of benzene rings is 1. The number of hydrogen-bond acceptors (Lipinski definition) is 5. The molecule has 1 aliphatic carbocycles. The van der Waals surface area contributed by atoms with Gasteiger partial charge in [0.25, 0.3) is 0 Å². The molecule has 28 heavy (non-hydrogen) atoms. The van der Waals surface area contributed by atoms with Gasteiger partial charge in [0.1, 0.15) is 24.3 Å². The van der Waals surface area contributed by atoms with E-state index in [0.717, 1.165) is 42.2 Å². The molecule has 6 nitrogen and oxygen atoms in total. The SMILES string of the molecule is Cc1noc(C)c1-c1cc(NC(=O)[C@H]2CC2F)ccc1OCCN1CCCC1. The third kappa shape index (κ3) is 4.04. The number of nitrogens with one attached hydrogen (secondary N) is 1. The van der Waals surface area contributed by atoms with Gasteiger partial charge in [-0.1, -0.05) is 5.16 Å². The van der Waals surface area contributed by atoms with Crippen molar-refractivity contribution in [3.63, 3.8) is 0 Å². The predicted octanol–water partition coefficient (Wildman–Crippen LogP) is 3.73. The summed E-state index contributed by atoms with van der Waals surface area (Å²) in [5.41, 5.74) is 3.06. The Balaban J connectivity index is 1.54. The molecule has 0 radical (unpaired) electrons. The Morgan fingerprint density at radius 1 is 1.36 bits per heavy atom. The molecule has 2 heterocycles. The lowest BCUT2D eigenvalue weighted by atomic mass is 10.0. The van der Waals surface area contributed by atoms with Crippen LogP contribution in [0.1, 0.15) is 30.7 Å². The molecule has 1 aromatic heterocycles. The summed E-state index contributed by atoms with van der Waals surface area (Å²) < 4.78 is 24.6. The number of ether oxygens (including phenoxy) is 1. The fourth-order valence-electron chi connectivity index (χ4n) is 3.76. The number of rotatable bonds is 7. The van der Waals surface area contributed by atoms with Crippen molar-refractivity contribution in [2.75, 3.05) is 31.6 Å². The molecule has 0 spiro atoms. The molecule has 1 N–H and O–H groups in total. The highest BCUT2D eigenvalue weighted by Crippen LogP contribution is 2.38. The maximum atomic E-state index is 13.2. The predicted molar refractivity (Wildman–Crippen MR) is 104 cm³/mol. The van der Waals surface area contributed by atoms with E-state index in [2.05, 4.69) is 15.4 Å². The first kappa shape index (κ1) is 18.9. The second-order valence-corrected chi connectivity index (χ2v) is 7.65. The van der Waals surface area contributed by atoms with Gasteiger partial charge in [-0.25, -0.2) is 4.39 Å². The van der Waals surface area contributed by atoms with Crippen molar-refractivity contribution in [3.05, 3.63) is 29.7 Å². The molecule has 2 aromatic rings. The molecule has 0 bridgehead atoms. The van der Waals surface area contributed by atoms with Crippen molar-refractivity contribution in [2.45, 2.75) is 39.3 Å². The van der Waals surface area contributed by atoms with Gasteiger partial charge in [0, 0.05) is 17.8 Å². The number of carbonyl (C=O) groups excluding carboxylic acids is 1. The zero-order chi connectivity index (χ0) is 19.7. The normalized spacial score (nSPS) is 21.7. The molecule has 2 aliphatic rings. The minimum atomic E-state index is -1.02. The van der Waals surface area contributed by atoms with E-state index < -0.39 is 12.1 Å². The van der Waals surface area contributed by atoms with Crippen LogP contribution in [0.25, 0.3) is 11.1 Å². The molecule has 150 valence electrons. The zero-order valence-corrected chi connectivity index (χ0v) is 16.3. The van der Waals surface area contributed by atoms with Crippen LogP contribution < -0.4 is 10.1 Å². The summed E-state index contributed by atoms with van der Waals surface area (Å²) in [5.74, 6) is 0.608. The maximum Gasteiger partial charge on any atom is 0.230 e. The van der Waals surface area contributed by atoms with Crippen molar-refractivity contribution in [1.29, 1.82) is 0 Å². The first-order valence-electron chi connectivity index (χ1n) is 9.90. The average molecular weight is 387 g/mol. The molecule has 1 aromatic carbocycles. The van der Waals surface area contributed by atoms with Crippen LogP contribution in [0.4, 0.5) is 10.1 Å². The van der Waals surface area contributed by atoms with E-state index in [1.54, 1.807) is 6.07 Å². The molecule has 1 aliphatic heterocycles. The maximum absolute atomic E-state index is 13.2. The van der Waals surface area contributed by atoms with Crippen molar-refractivity contribution in [1.82, 2.24) is 10.1 Å². The van der Waals surface area contributed by atoms with E-state index in [1.807, 2.05) is 26.0 Å². The summed E-state index contributed by atoms with van der Waals surface area (Å²) in [6, 6.07) is 5.49. The van der Waals surface area contributed by atoms with Crippen LogP contribution in [-0.4, -0.2) is 48.4 Å². The molecule has 1 saturated carbocycles. The molecular formula is C21H26FN3O3. The van der Waals surface area contributed by atoms with Gasteiger partial charge in [-0.2, -0.15) is 0 Å². The van der Waals surface area contributed by atoms with E-state index in [4.69, 9.17) is 9.26 Å². The highest BCUT2D eigenvalue weighted by molar-refractivity contribution is 5.95. The van der Waals surface area contributed by atoms with E-state index in [9.17, 15) is 9.18 Å². The number of nitrogens with zero attached hydrogens (tertiary/aromatic N) is 2. The monoisotopic (exact) mass is 387 g/mol. The lowest BCUT2D eigenvalue weighted by molar-refractivity contribution is -0.117. The van der Waals surface area contributed by atoms with E-state index >= 15 is 0 Å². The van der Waals surface area contributed by atoms with Crippen LogP contribution in [0.15, 0.2) is 22.7 Å². The molecule has 1 unspecified atom stereocenters. The number of amides is 1. The quantitative estimate of drug-likeness (QED) is 0.784. The molecule has 1 amide bonds. The van der Waals surface area contributed by atoms with Gasteiger partial charge in [-0.3, -0.25) is 9.69 Å². The summed E-state index contributed by atoms with van der Waals surface area (Å²) >= 11 is 0. The van der Waals surface area contributed by atoms with Crippen LogP contribution in [0.3, 0.4) is 0 Å². The van der Waals surface area contributed by atoms with E-state index in [-0.39, 0.29) is 5.91 Å². The van der Waals surface area contributed by atoms with Crippen LogP contribution in [0.2, 0.25) is 0 Å². The summed E-state index contributed by atoms with van der Waals surface area (Å²) in [7, 11) is 0. The standard InChI is InChI=1S/C21H26FN3O3/c1-13-20(14(2)28-24-13)17-11-15(23-21(26)16-12-18(16)22)5-6-19(17)27-10-9-25-7-3-4-8-25/h5-6,11,16,18H,3-4,7-10,12H2,1-2H3,(H,23,26)/t16-,18?/m0/s1. The van der Waals surface area contributed by atoms with Gasteiger partial charge in [0.15, 0.2) is 0 Å². The minimum absolute atomic E-state index is 0.278. The molecule has 1 saturated heterocycles. The Labute approximate surface area is 164 Å². The summed E-state index contributed by atoms with van der Waals surface area (Å²) in [4.78, 5) is 14.5. The Morgan fingerprint density at radius 3 is 2.75 bits per heavy atom. The molecule has 4 rings (SSSR count). The van der Waals surface area contributed by atoms with E-state index in [0.29, 0.717) is 24.5 Å². The van der Waals surface area contributed by atoms with Gasteiger partial charge >= 0.3 is 0 Å². The Kier molecular flexibility index (Phi) is 5.35. The van der Waals surface area contributed by atoms with E-state index in [1.165, 1.54) is 12.8 Å². The van der Waals surface area contributed by atoms with Gasteiger partial charge < -0.3 is 14.6 Å². The highest BCUT2D eigenvalue weighted by atomic mass is 19.1.